The number of fused-ring (bicyclic) bond motifs is 1. The van der Waals surface area contributed by atoms with E-state index in [4.69, 9.17) is 20.6 Å². The van der Waals surface area contributed by atoms with Gasteiger partial charge in [-0.3, -0.25) is 0 Å². The van der Waals surface area contributed by atoms with Crippen molar-refractivity contribution in [2.45, 2.75) is 37.9 Å². The van der Waals surface area contributed by atoms with Crippen molar-refractivity contribution < 1.29 is 14.2 Å². The first-order valence-electron chi connectivity index (χ1n) is 4.06. The van der Waals surface area contributed by atoms with E-state index in [2.05, 4.69) is 5.92 Å². The van der Waals surface area contributed by atoms with Crippen LogP contribution < -0.4 is 0 Å². The largest absolute Gasteiger partial charge is 0.360 e. The van der Waals surface area contributed by atoms with E-state index in [1.807, 2.05) is 13.8 Å². The molecule has 0 N–H and O–H groups in total. The summed E-state index contributed by atoms with van der Waals surface area (Å²) in [6.07, 6.45) is 4.96. The molecule has 0 aliphatic carbocycles. The Labute approximate surface area is 72.0 Å². The summed E-state index contributed by atoms with van der Waals surface area (Å²) >= 11 is 0. The van der Waals surface area contributed by atoms with Crippen LogP contribution in [-0.4, -0.2) is 30.7 Å². The smallest absolute Gasteiger partial charge is 0.164 e. The number of terminal acetylenes is 1. The lowest BCUT2D eigenvalue weighted by molar-refractivity contribution is -0.169. The highest BCUT2D eigenvalue weighted by atomic mass is 16.8. The van der Waals surface area contributed by atoms with E-state index in [1.165, 1.54) is 0 Å². The summed E-state index contributed by atoms with van der Waals surface area (Å²) in [5.74, 6) is 2.04. The Morgan fingerprint density at radius 2 is 2.17 bits per heavy atom. The summed E-state index contributed by atoms with van der Waals surface area (Å²) in [4.78, 5) is 0. The molecule has 66 valence electrons. The third-order valence-corrected chi connectivity index (χ3v) is 2.12. The van der Waals surface area contributed by atoms with Gasteiger partial charge < -0.3 is 14.2 Å². The van der Waals surface area contributed by atoms with Crippen LogP contribution in [0, 0.1) is 12.3 Å². The average molecular weight is 168 g/mol. The van der Waals surface area contributed by atoms with Crippen LogP contribution in [0.1, 0.15) is 13.8 Å². The minimum absolute atomic E-state index is 0.0149. The predicted molar refractivity (Wildman–Crippen MR) is 42.4 cm³/mol. The Morgan fingerprint density at radius 1 is 1.42 bits per heavy atom. The van der Waals surface area contributed by atoms with E-state index in [9.17, 15) is 0 Å². The highest BCUT2D eigenvalue weighted by molar-refractivity contribution is 5.07. The molecular formula is C9H12O3. The summed E-state index contributed by atoms with van der Waals surface area (Å²) in [6.45, 7) is 4.32. The SMILES string of the molecule is C#C[C@@H]1OC[C@H]2OC(C)(C)O[C@@H]12. The van der Waals surface area contributed by atoms with Crippen molar-refractivity contribution >= 4 is 0 Å². The molecule has 2 aliphatic rings. The van der Waals surface area contributed by atoms with Gasteiger partial charge in [0.15, 0.2) is 5.79 Å². The first-order chi connectivity index (χ1) is 5.62. The minimum Gasteiger partial charge on any atom is -0.360 e. The van der Waals surface area contributed by atoms with Crippen LogP contribution in [-0.2, 0) is 14.2 Å². The molecule has 0 saturated carbocycles. The molecule has 0 amide bonds. The Balaban J connectivity index is 2.12. The minimum atomic E-state index is -0.506. The zero-order chi connectivity index (χ0) is 8.77. The average Bonchev–Trinajstić information content (AvgIpc) is 2.42. The van der Waals surface area contributed by atoms with Crippen LogP contribution in [0.2, 0.25) is 0 Å². The number of rotatable bonds is 0. The van der Waals surface area contributed by atoms with Crippen LogP contribution in [0.3, 0.4) is 0 Å². The maximum atomic E-state index is 5.59. The molecule has 2 saturated heterocycles. The Hall–Kier alpha value is -0.560. The number of hydrogen-bond acceptors (Lipinski definition) is 3. The van der Waals surface area contributed by atoms with E-state index in [-0.39, 0.29) is 18.3 Å². The first-order valence-corrected chi connectivity index (χ1v) is 4.06. The molecule has 2 fully saturated rings. The summed E-state index contributed by atoms with van der Waals surface area (Å²) in [6, 6.07) is 0. The molecule has 2 heterocycles. The predicted octanol–water partition coefficient (Wildman–Crippen LogP) is 0.538. The topological polar surface area (TPSA) is 27.7 Å². The quantitative estimate of drug-likeness (QED) is 0.494. The third-order valence-electron chi connectivity index (χ3n) is 2.12. The summed E-state index contributed by atoms with van der Waals surface area (Å²) in [5.41, 5.74) is 0. The monoisotopic (exact) mass is 168 g/mol. The Bertz CT molecular complexity index is 228. The van der Waals surface area contributed by atoms with Gasteiger partial charge in [-0.15, -0.1) is 6.42 Å². The molecule has 0 radical (unpaired) electrons. The second-order valence-electron chi connectivity index (χ2n) is 3.56. The van der Waals surface area contributed by atoms with Crippen molar-refractivity contribution in [3.8, 4) is 12.3 Å². The van der Waals surface area contributed by atoms with E-state index >= 15 is 0 Å². The van der Waals surface area contributed by atoms with Crippen molar-refractivity contribution in [2.75, 3.05) is 6.61 Å². The van der Waals surface area contributed by atoms with E-state index < -0.39 is 5.79 Å². The molecule has 2 rings (SSSR count). The van der Waals surface area contributed by atoms with Gasteiger partial charge in [-0.2, -0.15) is 0 Å². The molecular weight excluding hydrogens is 156 g/mol. The molecule has 0 aromatic rings. The van der Waals surface area contributed by atoms with Crippen LogP contribution in [0.5, 0.6) is 0 Å². The fraction of sp³-hybridized carbons (Fsp3) is 0.778. The number of hydrogen-bond donors (Lipinski definition) is 0. The Morgan fingerprint density at radius 3 is 2.83 bits per heavy atom. The maximum Gasteiger partial charge on any atom is 0.164 e. The maximum absolute atomic E-state index is 5.59. The molecule has 3 nitrogen and oxygen atoms in total. The number of ether oxygens (including phenoxy) is 3. The van der Waals surface area contributed by atoms with Crippen molar-refractivity contribution in [2.24, 2.45) is 0 Å². The molecule has 0 aromatic heterocycles. The first kappa shape index (κ1) is 8.06. The van der Waals surface area contributed by atoms with Crippen molar-refractivity contribution in [3.63, 3.8) is 0 Å². The van der Waals surface area contributed by atoms with Gasteiger partial charge in [-0.25, -0.2) is 0 Å². The highest BCUT2D eigenvalue weighted by Crippen LogP contribution is 2.34. The van der Waals surface area contributed by atoms with Crippen molar-refractivity contribution in [1.29, 1.82) is 0 Å². The fourth-order valence-electron chi connectivity index (χ4n) is 1.68. The summed E-state index contributed by atoms with van der Waals surface area (Å²) in [5, 5.41) is 0. The van der Waals surface area contributed by atoms with Crippen LogP contribution >= 0.6 is 0 Å². The fourth-order valence-corrected chi connectivity index (χ4v) is 1.68. The second kappa shape index (κ2) is 2.46. The second-order valence-corrected chi connectivity index (χ2v) is 3.56. The molecule has 3 heteroatoms. The molecule has 0 aromatic carbocycles. The van der Waals surface area contributed by atoms with Crippen LogP contribution in [0.15, 0.2) is 0 Å². The molecule has 0 unspecified atom stereocenters. The summed E-state index contributed by atoms with van der Waals surface area (Å²) in [7, 11) is 0. The molecule has 3 atom stereocenters. The molecule has 2 aliphatic heterocycles. The zero-order valence-electron chi connectivity index (χ0n) is 7.24. The van der Waals surface area contributed by atoms with Gasteiger partial charge in [-0.05, 0) is 13.8 Å². The van der Waals surface area contributed by atoms with Crippen LogP contribution in [0.4, 0.5) is 0 Å². The van der Waals surface area contributed by atoms with Gasteiger partial charge in [0.05, 0.1) is 6.61 Å². The third kappa shape index (κ3) is 1.13. The lowest BCUT2D eigenvalue weighted by atomic mass is 10.2. The molecule has 12 heavy (non-hydrogen) atoms. The van der Waals surface area contributed by atoms with Crippen molar-refractivity contribution in [3.05, 3.63) is 0 Å². The van der Waals surface area contributed by atoms with E-state index in [1.54, 1.807) is 0 Å². The van der Waals surface area contributed by atoms with E-state index in [0.29, 0.717) is 6.61 Å². The Kier molecular flexibility index (Phi) is 1.65. The summed E-state index contributed by atoms with van der Waals surface area (Å²) < 4.78 is 16.4. The van der Waals surface area contributed by atoms with Gasteiger partial charge in [0.25, 0.3) is 0 Å². The van der Waals surface area contributed by atoms with Crippen LogP contribution in [0.25, 0.3) is 0 Å². The van der Waals surface area contributed by atoms with Gasteiger partial charge in [0, 0.05) is 0 Å². The van der Waals surface area contributed by atoms with Gasteiger partial charge in [-0.1, -0.05) is 5.92 Å². The van der Waals surface area contributed by atoms with E-state index in [0.717, 1.165) is 0 Å². The lowest BCUT2D eigenvalue weighted by Gasteiger charge is -2.19. The highest BCUT2D eigenvalue weighted by Gasteiger charge is 2.49. The van der Waals surface area contributed by atoms with Gasteiger partial charge >= 0.3 is 0 Å². The molecule has 0 spiro atoms. The standard InChI is InChI=1S/C9H12O3/c1-4-6-8-7(5-10-6)11-9(2,3)12-8/h1,6-8H,5H2,2-3H3/t6-,7+,8-/m0/s1. The van der Waals surface area contributed by atoms with Crippen molar-refractivity contribution in [1.82, 2.24) is 0 Å². The van der Waals surface area contributed by atoms with Gasteiger partial charge in [0.2, 0.25) is 0 Å². The van der Waals surface area contributed by atoms with Gasteiger partial charge in [0.1, 0.15) is 18.3 Å². The normalized spacial score (nSPS) is 43.9. The lowest BCUT2D eigenvalue weighted by Crippen LogP contribution is -2.28. The zero-order valence-corrected chi connectivity index (χ0v) is 7.24. The molecule has 0 bridgehead atoms.